The van der Waals surface area contributed by atoms with E-state index >= 15 is 0 Å². The number of thioether (sulfide) groups is 1. The highest BCUT2D eigenvalue weighted by Crippen LogP contribution is 2.66. The standard InChI is InChI=1S/C23H34N2OS/c1-22-10-5-4-6-15(22)7-8-16-17(22)9-11-23(2)18(16)14-19(20(23)26)27-21-24-12-13-25(21)3/h12-13,15-19H,4-11,14H2,1-3H3/t15-,16-,17+,18-,19-,22+,23+/m1/s1. The van der Waals surface area contributed by atoms with Crippen LogP contribution in [0, 0.1) is 34.5 Å². The smallest absolute Gasteiger partial charge is 0.168 e. The first kappa shape index (κ1) is 18.3. The Labute approximate surface area is 168 Å². The number of carbonyl (C=O) groups is 1. The van der Waals surface area contributed by atoms with Gasteiger partial charge in [0.15, 0.2) is 10.9 Å². The SMILES string of the molecule is Cn1ccnc1S[C@@H]1C[C@@H]2[C@@H]3CC[C@H]4CCCC[C@]4(C)[C@H]3CC[C@]2(C)C1=O. The highest BCUT2D eigenvalue weighted by atomic mass is 32.2. The molecule has 0 N–H and O–H groups in total. The zero-order chi connectivity index (χ0) is 18.8. The van der Waals surface area contributed by atoms with Crippen molar-refractivity contribution in [1.29, 1.82) is 0 Å². The van der Waals surface area contributed by atoms with Gasteiger partial charge in [-0.2, -0.15) is 0 Å². The van der Waals surface area contributed by atoms with Crippen molar-refractivity contribution in [3.8, 4) is 0 Å². The average molecular weight is 387 g/mol. The maximum absolute atomic E-state index is 13.5. The van der Waals surface area contributed by atoms with E-state index in [0.717, 1.165) is 35.8 Å². The Kier molecular flexibility index (Phi) is 4.31. The number of imidazole rings is 1. The van der Waals surface area contributed by atoms with Crippen LogP contribution in [0.2, 0.25) is 0 Å². The lowest BCUT2D eigenvalue weighted by Crippen LogP contribution is -2.52. The molecule has 1 heterocycles. The highest BCUT2D eigenvalue weighted by Gasteiger charge is 2.62. The minimum absolute atomic E-state index is 0.0815. The number of ketones is 1. The van der Waals surface area contributed by atoms with Crippen molar-refractivity contribution in [2.45, 2.75) is 82.0 Å². The molecule has 7 atom stereocenters. The van der Waals surface area contributed by atoms with Gasteiger partial charge in [0.05, 0.1) is 5.25 Å². The third-order valence-electron chi connectivity index (χ3n) is 9.32. The first-order valence-electron chi connectivity index (χ1n) is 11.1. The molecular weight excluding hydrogens is 352 g/mol. The van der Waals surface area contributed by atoms with E-state index in [-0.39, 0.29) is 10.7 Å². The maximum Gasteiger partial charge on any atom is 0.168 e. The third kappa shape index (κ3) is 2.61. The Balaban J connectivity index is 1.41. The molecule has 0 bridgehead atoms. The number of aromatic nitrogens is 2. The van der Waals surface area contributed by atoms with Gasteiger partial charge in [-0.05, 0) is 74.0 Å². The summed E-state index contributed by atoms with van der Waals surface area (Å²) in [6, 6.07) is 0. The van der Waals surface area contributed by atoms with Crippen molar-refractivity contribution in [3.63, 3.8) is 0 Å². The van der Waals surface area contributed by atoms with E-state index in [1.54, 1.807) is 11.8 Å². The van der Waals surface area contributed by atoms with Gasteiger partial charge in [-0.15, -0.1) is 0 Å². The van der Waals surface area contributed by atoms with E-state index in [2.05, 4.69) is 23.4 Å². The summed E-state index contributed by atoms with van der Waals surface area (Å²) < 4.78 is 2.05. The van der Waals surface area contributed by atoms with Crippen LogP contribution in [0.5, 0.6) is 0 Å². The van der Waals surface area contributed by atoms with Crippen LogP contribution in [-0.4, -0.2) is 20.6 Å². The molecule has 0 amide bonds. The molecule has 4 aliphatic carbocycles. The number of hydrogen-bond donors (Lipinski definition) is 0. The van der Waals surface area contributed by atoms with Crippen molar-refractivity contribution in [3.05, 3.63) is 12.4 Å². The number of rotatable bonds is 2. The molecule has 4 heteroatoms. The zero-order valence-electron chi connectivity index (χ0n) is 17.1. The summed E-state index contributed by atoms with van der Waals surface area (Å²) in [5.74, 6) is 3.71. The van der Waals surface area contributed by atoms with Crippen LogP contribution >= 0.6 is 11.8 Å². The molecule has 0 aliphatic heterocycles. The van der Waals surface area contributed by atoms with Crippen LogP contribution in [0.4, 0.5) is 0 Å². The number of nitrogens with zero attached hydrogens (tertiary/aromatic N) is 2. The summed E-state index contributed by atoms with van der Waals surface area (Å²) in [4.78, 5) is 18.0. The fourth-order valence-electron chi connectivity index (χ4n) is 7.76. The topological polar surface area (TPSA) is 34.9 Å². The minimum Gasteiger partial charge on any atom is -0.329 e. The summed E-state index contributed by atoms with van der Waals surface area (Å²) in [5, 5.41) is 1.10. The molecule has 1 aromatic rings. The molecule has 4 aliphatic rings. The van der Waals surface area contributed by atoms with Crippen molar-refractivity contribution >= 4 is 17.5 Å². The molecule has 0 saturated heterocycles. The first-order chi connectivity index (χ1) is 12.9. The van der Waals surface area contributed by atoms with Gasteiger partial charge in [0.1, 0.15) is 0 Å². The molecule has 0 aromatic carbocycles. The first-order valence-corrected chi connectivity index (χ1v) is 12.0. The molecule has 27 heavy (non-hydrogen) atoms. The Hall–Kier alpha value is -0.770. The second kappa shape index (κ2) is 6.37. The van der Waals surface area contributed by atoms with E-state index in [1.807, 2.05) is 19.4 Å². The van der Waals surface area contributed by atoms with Crippen molar-refractivity contribution in [1.82, 2.24) is 9.55 Å². The molecule has 0 radical (unpaired) electrons. The predicted molar refractivity (Wildman–Crippen MR) is 110 cm³/mol. The molecular formula is C23H34N2OS. The van der Waals surface area contributed by atoms with Gasteiger partial charge < -0.3 is 4.57 Å². The number of Topliss-reactive ketones (excluding diaryl/α,β-unsaturated/α-hetero) is 1. The summed E-state index contributed by atoms with van der Waals surface area (Å²) in [6.07, 6.45) is 15.9. The highest BCUT2D eigenvalue weighted by molar-refractivity contribution is 8.00. The number of carbonyl (C=O) groups excluding carboxylic acids is 1. The fourth-order valence-corrected chi connectivity index (χ4v) is 9.04. The Bertz CT molecular complexity index is 744. The normalized spacial score (nSPS) is 46.6. The zero-order valence-corrected chi connectivity index (χ0v) is 17.9. The van der Waals surface area contributed by atoms with E-state index in [4.69, 9.17) is 0 Å². The van der Waals surface area contributed by atoms with Crippen LogP contribution in [0.15, 0.2) is 17.6 Å². The summed E-state index contributed by atoms with van der Waals surface area (Å²) in [5.41, 5.74) is 0.471. The van der Waals surface area contributed by atoms with Gasteiger partial charge in [0.2, 0.25) is 0 Å². The number of fused-ring (bicyclic) bond motifs is 5. The Morgan fingerprint density at radius 3 is 2.74 bits per heavy atom. The lowest BCUT2D eigenvalue weighted by molar-refractivity contribution is -0.138. The van der Waals surface area contributed by atoms with E-state index in [9.17, 15) is 4.79 Å². The fraction of sp³-hybridized carbons (Fsp3) is 0.826. The van der Waals surface area contributed by atoms with Crippen LogP contribution in [0.3, 0.4) is 0 Å². The monoisotopic (exact) mass is 386 g/mol. The third-order valence-corrected chi connectivity index (χ3v) is 10.6. The van der Waals surface area contributed by atoms with Gasteiger partial charge in [0.25, 0.3) is 0 Å². The van der Waals surface area contributed by atoms with Crippen LogP contribution in [0.1, 0.15) is 71.6 Å². The largest absolute Gasteiger partial charge is 0.329 e. The van der Waals surface area contributed by atoms with E-state index in [1.165, 1.54) is 44.9 Å². The molecule has 3 nitrogen and oxygen atoms in total. The summed E-state index contributed by atoms with van der Waals surface area (Å²) >= 11 is 1.72. The average Bonchev–Trinajstić information content (AvgIpc) is 3.17. The van der Waals surface area contributed by atoms with Gasteiger partial charge in [-0.1, -0.05) is 38.5 Å². The molecule has 4 saturated carbocycles. The molecule has 0 spiro atoms. The van der Waals surface area contributed by atoms with Crippen LogP contribution in [0.25, 0.3) is 0 Å². The van der Waals surface area contributed by atoms with Crippen molar-refractivity contribution < 1.29 is 4.79 Å². The minimum atomic E-state index is -0.0815. The molecule has 4 fully saturated rings. The predicted octanol–water partition coefficient (Wildman–Crippen LogP) is 5.49. The maximum atomic E-state index is 13.5. The van der Waals surface area contributed by atoms with Crippen molar-refractivity contribution in [2.24, 2.45) is 41.5 Å². The number of hydrogen-bond acceptors (Lipinski definition) is 3. The summed E-state index contributed by atoms with van der Waals surface area (Å²) in [7, 11) is 2.03. The lowest BCUT2D eigenvalue weighted by atomic mass is 9.45. The quantitative estimate of drug-likeness (QED) is 0.674. The molecule has 5 rings (SSSR count). The second-order valence-corrected chi connectivity index (χ2v) is 11.6. The van der Waals surface area contributed by atoms with E-state index < -0.39 is 0 Å². The van der Waals surface area contributed by atoms with Gasteiger partial charge >= 0.3 is 0 Å². The van der Waals surface area contributed by atoms with E-state index in [0.29, 0.717) is 17.1 Å². The summed E-state index contributed by atoms with van der Waals surface area (Å²) in [6.45, 7) is 4.93. The van der Waals surface area contributed by atoms with Crippen LogP contribution in [-0.2, 0) is 11.8 Å². The van der Waals surface area contributed by atoms with Crippen LogP contribution < -0.4 is 0 Å². The lowest BCUT2D eigenvalue weighted by Gasteiger charge is -2.59. The molecule has 1 aromatic heterocycles. The van der Waals surface area contributed by atoms with Gasteiger partial charge in [-0.3, -0.25) is 4.79 Å². The Morgan fingerprint density at radius 1 is 1.11 bits per heavy atom. The van der Waals surface area contributed by atoms with Gasteiger partial charge in [-0.25, -0.2) is 4.98 Å². The van der Waals surface area contributed by atoms with Gasteiger partial charge in [0, 0.05) is 24.9 Å². The number of aryl methyl sites for hydroxylation is 1. The molecule has 0 unspecified atom stereocenters. The Morgan fingerprint density at radius 2 is 1.96 bits per heavy atom. The van der Waals surface area contributed by atoms with Crippen molar-refractivity contribution in [2.75, 3.05) is 0 Å². The second-order valence-electron chi connectivity index (χ2n) is 10.4. The molecule has 148 valence electrons.